The number of carbonyl (C=O) groups excluding carboxylic acids is 1. The van der Waals surface area contributed by atoms with Crippen LogP contribution in [0.25, 0.3) is 0 Å². The molecule has 21 heavy (non-hydrogen) atoms. The predicted octanol–water partition coefficient (Wildman–Crippen LogP) is 2.95. The van der Waals surface area contributed by atoms with Crippen LogP contribution < -0.4 is 0 Å². The van der Waals surface area contributed by atoms with Gasteiger partial charge in [0.1, 0.15) is 10.8 Å². The lowest BCUT2D eigenvalue weighted by Crippen LogP contribution is -2.39. The lowest BCUT2D eigenvalue weighted by Gasteiger charge is -2.25. The monoisotopic (exact) mass is 345 g/mol. The number of Topliss-reactive ketones (excluding diaryl/α,β-unsaturated/α-hetero) is 1. The number of halogens is 2. The number of hydrogen-bond acceptors (Lipinski definition) is 3. The van der Waals surface area contributed by atoms with Crippen molar-refractivity contribution in [3.05, 3.63) is 41.5 Å². The molecule has 1 aliphatic rings. The summed E-state index contributed by atoms with van der Waals surface area (Å²) >= 11 is 12.1. The first-order valence-corrected chi connectivity index (χ1v) is 8.47. The normalized spacial score (nSPS) is 25.5. The van der Waals surface area contributed by atoms with E-state index in [-0.39, 0.29) is 16.4 Å². The van der Waals surface area contributed by atoms with E-state index >= 15 is 0 Å². The molecule has 0 saturated carbocycles. The standard InChI is InChI=1S/C14H13Cl2NO3S/c1-8-9(2)14(18)12(16)11(15)13(8)17-21(19,20)10-6-4-3-5-7-10/h3-7,11-12H,1-2H3/t11-,12-/m0/s1. The largest absolute Gasteiger partial charge is 0.293 e. The van der Waals surface area contributed by atoms with Crippen LogP contribution >= 0.6 is 23.2 Å². The SMILES string of the molecule is CC1=C(C)C(=NS(=O)(=O)c2ccccc2)[C@@H](Cl)[C@H](Cl)C1=O. The van der Waals surface area contributed by atoms with Gasteiger partial charge in [0.25, 0.3) is 10.0 Å². The fourth-order valence-corrected chi connectivity index (χ4v) is 3.74. The van der Waals surface area contributed by atoms with E-state index in [4.69, 9.17) is 23.2 Å². The van der Waals surface area contributed by atoms with E-state index in [2.05, 4.69) is 4.40 Å². The second-order valence-corrected chi connectivity index (χ2v) is 7.23. The molecule has 1 aliphatic carbocycles. The lowest BCUT2D eigenvalue weighted by atomic mass is 9.90. The second kappa shape index (κ2) is 5.91. The molecule has 112 valence electrons. The Balaban J connectivity index is 2.57. The summed E-state index contributed by atoms with van der Waals surface area (Å²) in [7, 11) is -3.89. The number of allylic oxidation sites excluding steroid dienone is 2. The Bertz CT molecular complexity index is 739. The minimum atomic E-state index is -3.89. The van der Waals surface area contributed by atoms with Gasteiger partial charge in [0.05, 0.1) is 10.6 Å². The van der Waals surface area contributed by atoms with Crippen molar-refractivity contribution in [3.8, 4) is 0 Å². The predicted molar refractivity (Wildman–Crippen MR) is 83.7 cm³/mol. The van der Waals surface area contributed by atoms with Gasteiger partial charge in [0, 0.05) is 0 Å². The number of carbonyl (C=O) groups is 1. The number of ketones is 1. The lowest BCUT2D eigenvalue weighted by molar-refractivity contribution is -0.115. The number of hydrogen-bond donors (Lipinski definition) is 0. The van der Waals surface area contributed by atoms with Gasteiger partial charge in [-0.25, -0.2) is 0 Å². The van der Waals surface area contributed by atoms with Crippen LogP contribution in [0.15, 0.2) is 50.8 Å². The van der Waals surface area contributed by atoms with Crippen molar-refractivity contribution < 1.29 is 13.2 Å². The maximum atomic E-state index is 12.3. The van der Waals surface area contributed by atoms with Crippen LogP contribution in [-0.4, -0.2) is 30.7 Å². The molecule has 0 bridgehead atoms. The average Bonchev–Trinajstić information content (AvgIpc) is 2.48. The topological polar surface area (TPSA) is 63.6 Å². The van der Waals surface area contributed by atoms with E-state index < -0.39 is 20.8 Å². The van der Waals surface area contributed by atoms with Crippen LogP contribution in [0.2, 0.25) is 0 Å². The van der Waals surface area contributed by atoms with Crippen LogP contribution in [0, 0.1) is 0 Å². The van der Waals surface area contributed by atoms with Gasteiger partial charge in [-0.2, -0.15) is 12.8 Å². The molecule has 7 heteroatoms. The zero-order valence-corrected chi connectivity index (χ0v) is 13.7. The fourth-order valence-electron chi connectivity index (χ4n) is 1.96. The van der Waals surface area contributed by atoms with Crippen molar-refractivity contribution in [2.45, 2.75) is 29.5 Å². The molecule has 0 aromatic heterocycles. The molecular weight excluding hydrogens is 333 g/mol. The molecule has 0 fully saturated rings. The maximum Gasteiger partial charge on any atom is 0.282 e. The fraction of sp³-hybridized carbons (Fsp3) is 0.286. The van der Waals surface area contributed by atoms with Crippen LogP contribution in [0.1, 0.15) is 13.8 Å². The quantitative estimate of drug-likeness (QED) is 0.774. The van der Waals surface area contributed by atoms with Gasteiger partial charge < -0.3 is 0 Å². The molecule has 0 amide bonds. The number of benzene rings is 1. The summed E-state index contributed by atoms with van der Waals surface area (Å²) in [5.74, 6) is -0.301. The van der Waals surface area contributed by atoms with Crippen LogP contribution in [-0.2, 0) is 14.8 Å². The molecule has 0 N–H and O–H groups in total. The minimum Gasteiger partial charge on any atom is -0.293 e. The van der Waals surface area contributed by atoms with Crippen LogP contribution in [0.3, 0.4) is 0 Å². The first-order chi connectivity index (χ1) is 9.75. The Morgan fingerprint density at radius 2 is 1.57 bits per heavy atom. The molecular formula is C14H13Cl2NO3S. The number of alkyl halides is 2. The molecule has 1 aromatic carbocycles. The second-order valence-electron chi connectivity index (χ2n) is 4.68. The maximum absolute atomic E-state index is 12.3. The van der Waals surface area contributed by atoms with Crippen molar-refractivity contribution in [3.63, 3.8) is 0 Å². The summed E-state index contributed by atoms with van der Waals surface area (Å²) in [6.45, 7) is 3.20. The van der Waals surface area contributed by atoms with Gasteiger partial charge in [-0.1, -0.05) is 18.2 Å². The molecule has 2 atom stereocenters. The van der Waals surface area contributed by atoms with E-state index in [9.17, 15) is 13.2 Å². The zero-order chi connectivity index (χ0) is 15.8. The highest BCUT2D eigenvalue weighted by atomic mass is 35.5. The summed E-state index contributed by atoms with van der Waals surface area (Å²) in [6, 6.07) is 7.81. The third-order valence-corrected chi connectivity index (χ3v) is 5.69. The Hall–Kier alpha value is -1.17. The van der Waals surface area contributed by atoms with Gasteiger partial charge in [0.2, 0.25) is 0 Å². The van der Waals surface area contributed by atoms with Crippen molar-refractivity contribution in [1.29, 1.82) is 0 Å². The Kier molecular flexibility index (Phi) is 4.56. The Morgan fingerprint density at radius 3 is 2.14 bits per heavy atom. The third kappa shape index (κ3) is 3.05. The van der Waals surface area contributed by atoms with E-state index in [1.165, 1.54) is 12.1 Å². The average molecular weight is 346 g/mol. The van der Waals surface area contributed by atoms with E-state index in [0.717, 1.165) is 0 Å². The molecule has 0 unspecified atom stereocenters. The molecule has 0 radical (unpaired) electrons. The van der Waals surface area contributed by atoms with Gasteiger partial charge in [0.15, 0.2) is 5.78 Å². The number of rotatable bonds is 2. The molecule has 0 aliphatic heterocycles. The highest BCUT2D eigenvalue weighted by Crippen LogP contribution is 2.29. The van der Waals surface area contributed by atoms with Crippen molar-refractivity contribution in [2.24, 2.45) is 4.40 Å². The number of sulfonamides is 1. The minimum absolute atomic E-state index is 0.0647. The first kappa shape index (κ1) is 16.2. The van der Waals surface area contributed by atoms with Crippen molar-refractivity contribution in [2.75, 3.05) is 0 Å². The molecule has 0 saturated heterocycles. The van der Waals surface area contributed by atoms with Crippen LogP contribution in [0.4, 0.5) is 0 Å². The van der Waals surface area contributed by atoms with Gasteiger partial charge >= 0.3 is 0 Å². The summed E-state index contributed by atoms with van der Waals surface area (Å²) in [5, 5.41) is -1.98. The summed E-state index contributed by atoms with van der Waals surface area (Å²) in [4.78, 5) is 11.9. The van der Waals surface area contributed by atoms with E-state index in [1.807, 2.05) is 0 Å². The van der Waals surface area contributed by atoms with Crippen LogP contribution in [0.5, 0.6) is 0 Å². The molecule has 0 spiro atoms. The zero-order valence-electron chi connectivity index (χ0n) is 11.4. The van der Waals surface area contributed by atoms with Gasteiger partial charge in [-0.15, -0.1) is 23.2 Å². The van der Waals surface area contributed by atoms with E-state index in [1.54, 1.807) is 32.0 Å². The molecule has 4 nitrogen and oxygen atoms in total. The van der Waals surface area contributed by atoms with Crippen molar-refractivity contribution in [1.82, 2.24) is 0 Å². The highest BCUT2D eigenvalue weighted by Gasteiger charge is 2.37. The summed E-state index contributed by atoms with van der Waals surface area (Å²) in [6.07, 6.45) is 0. The highest BCUT2D eigenvalue weighted by molar-refractivity contribution is 7.90. The van der Waals surface area contributed by atoms with E-state index in [0.29, 0.717) is 11.1 Å². The smallest absolute Gasteiger partial charge is 0.282 e. The third-order valence-electron chi connectivity index (χ3n) is 3.34. The molecule has 2 rings (SSSR count). The number of nitrogens with zero attached hydrogens (tertiary/aromatic N) is 1. The summed E-state index contributed by atoms with van der Waals surface area (Å²) in [5.41, 5.74) is 0.961. The molecule has 1 aromatic rings. The Labute approximate surface area is 133 Å². The Morgan fingerprint density at radius 1 is 1.00 bits per heavy atom. The van der Waals surface area contributed by atoms with Gasteiger partial charge in [-0.05, 0) is 37.1 Å². The first-order valence-electron chi connectivity index (χ1n) is 6.16. The molecule has 0 heterocycles. The van der Waals surface area contributed by atoms with Gasteiger partial charge in [-0.3, -0.25) is 4.79 Å². The summed E-state index contributed by atoms with van der Waals surface area (Å²) < 4.78 is 28.4. The van der Waals surface area contributed by atoms with Crippen molar-refractivity contribution >= 4 is 44.7 Å².